The van der Waals surface area contributed by atoms with E-state index in [1.54, 1.807) is 58.2 Å². The zero-order valence-corrected chi connectivity index (χ0v) is 23.8. The molecule has 43 heavy (non-hydrogen) atoms. The van der Waals surface area contributed by atoms with Crippen molar-refractivity contribution in [2.24, 2.45) is 5.92 Å². The van der Waals surface area contributed by atoms with E-state index < -0.39 is 0 Å². The summed E-state index contributed by atoms with van der Waals surface area (Å²) in [6.45, 7) is 3.94. The van der Waals surface area contributed by atoms with Crippen molar-refractivity contribution >= 4 is 16.9 Å². The first-order valence-corrected chi connectivity index (χ1v) is 14.3. The molecule has 0 atom stereocenters. The van der Waals surface area contributed by atoms with Gasteiger partial charge in [-0.25, -0.2) is 14.6 Å². The Balaban J connectivity index is 1.03. The highest BCUT2D eigenvalue weighted by Crippen LogP contribution is 2.24. The maximum Gasteiger partial charge on any atom is 0.264 e. The minimum Gasteiger partial charge on any atom is -0.490 e. The fourth-order valence-corrected chi connectivity index (χ4v) is 5.20. The number of aliphatic hydroxyl groups is 1. The van der Waals surface area contributed by atoms with Crippen LogP contribution in [0, 0.1) is 12.8 Å². The van der Waals surface area contributed by atoms with Crippen LogP contribution in [0.5, 0.6) is 17.4 Å². The van der Waals surface area contributed by atoms with Gasteiger partial charge in [-0.15, -0.1) is 0 Å². The van der Waals surface area contributed by atoms with Gasteiger partial charge in [0, 0.05) is 31.3 Å². The predicted octanol–water partition coefficient (Wildman–Crippen LogP) is 4.00. The van der Waals surface area contributed by atoms with Gasteiger partial charge in [-0.1, -0.05) is 17.7 Å². The van der Waals surface area contributed by atoms with Gasteiger partial charge in [-0.2, -0.15) is 5.10 Å². The van der Waals surface area contributed by atoms with Crippen molar-refractivity contribution in [1.29, 1.82) is 0 Å². The molecular weight excluding hydrogens is 548 g/mol. The quantitative estimate of drug-likeness (QED) is 0.277. The van der Waals surface area contributed by atoms with E-state index in [4.69, 9.17) is 14.6 Å². The second-order valence-corrected chi connectivity index (χ2v) is 10.6. The molecule has 3 aromatic heterocycles. The number of carbonyl (C=O) groups is 1. The van der Waals surface area contributed by atoms with Crippen molar-refractivity contribution < 1.29 is 19.4 Å². The van der Waals surface area contributed by atoms with Gasteiger partial charge in [0.05, 0.1) is 31.0 Å². The van der Waals surface area contributed by atoms with Crippen molar-refractivity contribution in [3.63, 3.8) is 0 Å². The first-order valence-electron chi connectivity index (χ1n) is 14.3. The van der Waals surface area contributed by atoms with Gasteiger partial charge in [-0.3, -0.25) is 14.2 Å². The average molecular weight is 581 g/mol. The topological polar surface area (TPSA) is 125 Å². The van der Waals surface area contributed by atoms with Crippen molar-refractivity contribution in [2.45, 2.75) is 26.3 Å². The van der Waals surface area contributed by atoms with Gasteiger partial charge in [0.1, 0.15) is 23.5 Å². The van der Waals surface area contributed by atoms with E-state index in [2.05, 4.69) is 15.1 Å². The number of amides is 1. The molecule has 6 rings (SSSR count). The number of aryl methyl sites for hydroxylation is 1. The molecule has 1 fully saturated rings. The van der Waals surface area contributed by atoms with E-state index in [9.17, 15) is 9.59 Å². The van der Waals surface area contributed by atoms with Crippen LogP contribution in [0.4, 0.5) is 0 Å². The highest BCUT2D eigenvalue weighted by molar-refractivity contribution is 5.94. The molecule has 0 bridgehead atoms. The summed E-state index contributed by atoms with van der Waals surface area (Å²) >= 11 is 0. The Kier molecular flexibility index (Phi) is 8.14. The van der Waals surface area contributed by atoms with E-state index >= 15 is 0 Å². The molecule has 5 aromatic rings. The Morgan fingerprint density at radius 3 is 2.40 bits per heavy atom. The largest absolute Gasteiger partial charge is 0.490 e. The fraction of sp³-hybridized carbons (Fsp3) is 0.281. The lowest BCUT2D eigenvalue weighted by atomic mass is 9.96. The van der Waals surface area contributed by atoms with Crippen LogP contribution in [0.2, 0.25) is 0 Å². The molecule has 1 amide bonds. The molecule has 220 valence electrons. The third-order valence-corrected chi connectivity index (χ3v) is 7.58. The molecule has 1 N–H and O–H groups in total. The second kappa shape index (κ2) is 12.5. The number of aromatic nitrogens is 5. The predicted molar refractivity (Wildman–Crippen MR) is 160 cm³/mol. The number of likely N-dealkylation sites (tertiary alicyclic amines) is 1. The number of pyridine rings is 1. The van der Waals surface area contributed by atoms with E-state index in [1.165, 1.54) is 6.20 Å². The Labute approximate surface area is 248 Å². The minimum atomic E-state index is -0.106. The Hall–Kier alpha value is -5.03. The number of benzene rings is 2. The number of aliphatic hydroxyl groups excluding tert-OH is 1. The van der Waals surface area contributed by atoms with Gasteiger partial charge in [0.2, 0.25) is 5.88 Å². The summed E-state index contributed by atoms with van der Waals surface area (Å²) in [5, 5.41) is 13.8. The van der Waals surface area contributed by atoms with Gasteiger partial charge in [0.15, 0.2) is 5.65 Å². The van der Waals surface area contributed by atoms with Crippen LogP contribution >= 0.6 is 0 Å². The van der Waals surface area contributed by atoms with Crippen molar-refractivity contribution in [2.75, 3.05) is 26.3 Å². The maximum absolute atomic E-state index is 13.2. The molecule has 0 unspecified atom stereocenters. The highest BCUT2D eigenvalue weighted by Gasteiger charge is 2.25. The molecule has 0 saturated carbocycles. The molecule has 1 saturated heterocycles. The number of hydrogen-bond acceptors (Lipinski definition) is 8. The molecule has 11 heteroatoms. The number of fused-ring (bicyclic) bond motifs is 1. The van der Waals surface area contributed by atoms with Crippen LogP contribution in [0.15, 0.2) is 84.2 Å². The first-order chi connectivity index (χ1) is 21.0. The number of hydrogen-bond donors (Lipinski definition) is 1. The van der Waals surface area contributed by atoms with Crippen LogP contribution in [-0.4, -0.2) is 66.5 Å². The lowest BCUT2D eigenvalue weighted by Crippen LogP contribution is -2.40. The van der Waals surface area contributed by atoms with Crippen LogP contribution in [0.1, 0.15) is 28.8 Å². The normalized spacial score (nSPS) is 13.8. The molecule has 11 nitrogen and oxygen atoms in total. The molecule has 1 aliphatic heterocycles. The zero-order valence-electron chi connectivity index (χ0n) is 23.8. The van der Waals surface area contributed by atoms with E-state index in [0.717, 1.165) is 24.1 Å². The summed E-state index contributed by atoms with van der Waals surface area (Å²) in [4.78, 5) is 37.0. The van der Waals surface area contributed by atoms with Gasteiger partial charge in [0.25, 0.3) is 11.5 Å². The summed E-state index contributed by atoms with van der Waals surface area (Å²) in [7, 11) is 0. The van der Waals surface area contributed by atoms with Crippen LogP contribution < -0.4 is 15.0 Å². The average Bonchev–Trinajstić information content (AvgIpc) is 3.48. The number of piperidine rings is 1. The Bertz CT molecular complexity index is 1760. The van der Waals surface area contributed by atoms with E-state index in [-0.39, 0.29) is 30.6 Å². The Morgan fingerprint density at radius 1 is 0.953 bits per heavy atom. The summed E-state index contributed by atoms with van der Waals surface area (Å²) < 4.78 is 14.4. The SMILES string of the molecule is Cc1ccc(-n2ncc3c(=O)n(CC4CCN(C(=O)c5ccc(Oc6ccc(OCCO)cn6)cc5)CC4)cnc32)cc1. The third kappa shape index (κ3) is 6.26. The molecular formula is C32H32N6O5. The van der Waals surface area contributed by atoms with Crippen molar-refractivity contribution in [3.05, 3.63) is 101 Å². The summed E-state index contributed by atoms with van der Waals surface area (Å²) in [6.07, 6.45) is 6.30. The van der Waals surface area contributed by atoms with Gasteiger partial charge >= 0.3 is 0 Å². The summed E-state index contributed by atoms with van der Waals surface area (Å²) in [6, 6.07) is 18.3. The number of ether oxygens (including phenoxy) is 2. The standard InChI is InChI=1S/C32H32N6O5/c1-22-2-6-25(7-3-22)38-30-28(19-35-38)32(41)37(21-34-30)20-23-12-14-36(15-13-23)31(40)24-4-8-26(9-5-24)43-29-11-10-27(18-33-29)42-17-16-39/h2-11,18-19,21,23,39H,12-17,20H2,1H3. The molecule has 1 aliphatic rings. The smallest absolute Gasteiger partial charge is 0.264 e. The molecule has 0 spiro atoms. The molecule has 2 aromatic carbocycles. The first kappa shape index (κ1) is 28.1. The Morgan fingerprint density at radius 2 is 1.70 bits per heavy atom. The summed E-state index contributed by atoms with van der Waals surface area (Å²) in [5.74, 6) is 1.73. The second-order valence-electron chi connectivity index (χ2n) is 10.6. The number of rotatable bonds is 9. The summed E-state index contributed by atoms with van der Waals surface area (Å²) in [5.41, 5.74) is 3.03. The zero-order chi connectivity index (χ0) is 29.8. The lowest BCUT2D eigenvalue weighted by molar-refractivity contribution is 0.0682. The van der Waals surface area contributed by atoms with Crippen LogP contribution in [0.25, 0.3) is 16.7 Å². The monoisotopic (exact) mass is 580 g/mol. The molecule has 0 aliphatic carbocycles. The van der Waals surface area contributed by atoms with Crippen molar-refractivity contribution in [3.8, 4) is 23.1 Å². The van der Waals surface area contributed by atoms with Gasteiger partial charge < -0.3 is 19.5 Å². The minimum absolute atomic E-state index is 0.0303. The van der Waals surface area contributed by atoms with E-state index in [1.807, 2.05) is 36.1 Å². The number of carbonyl (C=O) groups excluding carboxylic acids is 1. The maximum atomic E-state index is 13.2. The van der Waals surface area contributed by atoms with Crippen molar-refractivity contribution in [1.82, 2.24) is 29.2 Å². The van der Waals surface area contributed by atoms with Crippen LogP contribution in [0.3, 0.4) is 0 Å². The third-order valence-electron chi connectivity index (χ3n) is 7.58. The molecule has 4 heterocycles. The van der Waals surface area contributed by atoms with E-state index in [0.29, 0.717) is 53.6 Å². The lowest BCUT2D eigenvalue weighted by Gasteiger charge is -2.32. The van der Waals surface area contributed by atoms with Gasteiger partial charge in [-0.05, 0) is 68.1 Å². The fourth-order valence-electron chi connectivity index (χ4n) is 5.20. The number of nitrogens with zero attached hydrogens (tertiary/aromatic N) is 6. The molecule has 0 radical (unpaired) electrons. The van der Waals surface area contributed by atoms with Crippen LogP contribution in [-0.2, 0) is 6.54 Å². The highest BCUT2D eigenvalue weighted by atomic mass is 16.5.